The van der Waals surface area contributed by atoms with Crippen molar-refractivity contribution in [1.82, 2.24) is 10.3 Å². The van der Waals surface area contributed by atoms with Crippen molar-refractivity contribution in [3.05, 3.63) is 47.7 Å². The van der Waals surface area contributed by atoms with Gasteiger partial charge in [-0.25, -0.2) is 4.98 Å². The molecule has 2 aliphatic heterocycles. The molecule has 1 saturated heterocycles. The molecule has 1 aromatic heterocycles. The van der Waals surface area contributed by atoms with Crippen molar-refractivity contribution in [3.63, 3.8) is 0 Å². The fourth-order valence-electron chi connectivity index (χ4n) is 6.15. The number of aromatic nitrogens is 1. The second-order valence-electron chi connectivity index (χ2n) is 11.0. The number of amides is 1. The average Bonchev–Trinajstić information content (AvgIpc) is 3.72. The number of nitrogens with one attached hydrogen (secondary N) is 2. The van der Waals surface area contributed by atoms with Gasteiger partial charge in [0.2, 0.25) is 5.91 Å². The van der Waals surface area contributed by atoms with Crippen molar-refractivity contribution in [2.24, 2.45) is 5.92 Å². The molecule has 1 aromatic carbocycles. The number of hydrogen-bond acceptors (Lipinski definition) is 5. The van der Waals surface area contributed by atoms with Crippen molar-refractivity contribution in [1.29, 1.82) is 0 Å². The summed E-state index contributed by atoms with van der Waals surface area (Å²) in [5.74, 6) is 0.966. The van der Waals surface area contributed by atoms with Gasteiger partial charge in [0.15, 0.2) is 0 Å². The molecule has 0 bridgehead atoms. The van der Waals surface area contributed by atoms with E-state index in [9.17, 15) is 18.0 Å². The van der Waals surface area contributed by atoms with Crippen molar-refractivity contribution in [2.45, 2.75) is 81.6 Å². The van der Waals surface area contributed by atoms with Gasteiger partial charge in [0.05, 0.1) is 17.9 Å². The number of rotatable bonds is 4. The quantitative estimate of drug-likeness (QED) is 0.539. The fourth-order valence-corrected chi connectivity index (χ4v) is 6.15. The van der Waals surface area contributed by atoms with Crippen LogP contribution in [0.25, 0.3) is 0 Å². The Morgan fingerprint density at radius 2 is 1.84 bits per heavy atom. The van der Waals surface area contributed by atoms with Crippen LogP contribution in [0.2, 0.25) is 0 Å². The molecule has 0 radical (unpaired) electrons. The van der Waals surface area contributed by atoms with E-state index in [-0.39, 0.29) is 30.7 Å². The Morgan fingerprint density at radius 1 is 1.08 bits per heavy atom. The van der Waals surface area contributed by atoms with Gasteiger partial charge in [0, 0.05) is 36.9 Å². The predicted octanol–water partition coefficient (Wildman–Crippen LogP) is 5.81. The molecule has 2 saturated carbocycles. The van der Waals surface area contributed by atoms with Crippen LogP contribution in [0.5, 0.6) is 0 Å². The largest absolute Gasteiger partial charge is 0.406 e. The monoisotopic (exact) mass is 514 g/mol. The van der Waals surface area contributed by atoms with Gasteiger partial charge in [0.25, 0.3) is 0 Å². The van der Waals surface area contributed by atoms with E-state index in [2.05, 4.69) is 27.8 Å². The van der Waals surface area contributed by atoms with E-state index in [1.165, 1.54) is 5.56 Å². The highest BCUT2D eigenvalue weighted by molar-refractivity contribution is 5.99. The molecule has 2 aliphatic carbocycles. The molecular weight excluding hydrogens is 481 g/mol. The first kappa shape index (κ1) is 24.7. The summed E-state index contributed by atoms with van der Waals surface area (Å²) in [6, 6.07) is 9.96. The van der Waals surface area contributed by atoms with Crippen LogP contribution in [0.15, 0.2) is 36.5 Å². The summed E-state index contributed by atoms with van der Waals surface area (Å²) in [4.78, 5) is 20.4. The number of halogens is 3. The zero-order valence-electron chi connectivity index (χ0n) is 20.8. The van der Waals surface area contributed by atoms with E-state index in [0.717, 1.165) is 48.8 Å². The summed E-state index contributed by atoms with van der Waals surface area (Å²) in [7, 11) is 0. The number of ether oxygens (including phenoxy) is 1. The molecule has 37 heavy (non-hydrogen) atoms. The Labute approximate surface area is 215 Å². The zero-order chi connectivity index (χ0) is 25.6. The van der Waals surface area contributed by atoms with Crippen LogP contribution in [-0.2, 0) is 16.1 Å². The third kappa shape index (κ3) is 4.83. The minimum atomic E-state index is -4.22. The highest BCUT2D eigenvalue weighted by Gasteiger charge is 2.63. The summed E-state index contributed by atoms with van der Waals surface area (Å²) in [5.41, 5.74) is 2.13. The van der Waals surface area contributed by atoms with Crippen LogP contribution in [0.3, 0.4) is 0 Å². The van der Waals surface area contributed by atoms with E-state index in [1.54, 1.807) is 6.20 Å². The molecule has 198 valence electrons. The summed E-state index contributed by atoms with van der Waals surface area (Å²) >= 11 is 0. The smallest absolute Gasteiger partial charge is 0.381 e. The Morgan fingerprint density at radius 3 is 2.54 bits per heavy atom. The Bertz CT molecular complexity index is 1150. The van der Waals surface area contributed by atoms with Gasteiger partial charge < -0.3 is 20.3 Å². The maximum Gasteiger partial charge on any atom is 0.406 e. The number of pyridine rings is 1. The van der Waals surface area contributed by atoms with Gasteiger partial charge in [-0.1, -0.05) is 12.1 Å². The molecule has 0 unspecified atom stereocenters. The van der Waals surface area contributed by atoms with E-state index in [1.807, 2.05) is 23.1 Å². The predicted molar refractivity (Wildman–Crippen MR) is 135 cm³/mol. The van der Waals surface area contributed by atoms with E-state index >= 15 is 0 Å². The summed E-state index contributed by atoms with van der Waals surface area (Å²) in [5, 5.41) is 6.32. The minimum absolute atomic E-state index is 0.0410. The molecule has 3 fully saturated rings. The lowest BCUT2D eigenvalue weighted by atomic mass is 9.84. The van der Waals surface area contributed by atoms with Gasteiger partial charge in [0.1, 0.15) is 11.4 Å². The SMILES string of the molecule is O=C(C1CCC(NC2(C(F)(F)F)CC2)CC1)N1Cc2cccnc2Nc2ccc(C3CCOCC3)cc21. The van der Waals surface area contributed by atoms with E-state index in [4.69, 9.17) is 4.74 Å². The molecule has 4 aliphatic rings. The second kappa shape index (κ2) is 9.58. The summed E-state index contributed by atoms with van der Waals surface area (Å²) in [6.07, 6.45) is 2.06. The number of benzene rings is 1. The molecule has 9 heteroatoms. The summed E-state index contributed by atoms with van der Waals surface area (Å²) < 4.78 is 45.8. The average molecular weight is 515 g/mol. The molecule has 0 atom stereocenters. The van der Waals surface area contributed by atoms with Crippen LogP contribution < -0.4 is 15.5 Å². The van der Waals surface area contributed by atoms with Gasteiger partial charge in [-0.05, 0) is 81.0 Å². The van der Waals surface area contributed by atoms with Gasteiger partial charge >= 0.3 is 6.18 Å². The zero-order valence-corrected chi connectivity index (χ0v) is 20.8. The number of carbonyl (C=O) groups is 1. The standard InChI is InChI=1S/C28H33F3N4O2/c29-28(30,31)27(11-12-27)34-22-6-3-19(4-7-22)26(36)35-17-21-2-1-13-32-25(21)33-23-8-5-20(16-24(23)35)18-9-14-37-15-10-18/h1-2,5,8,13,16,18-19,22,34H,3-4,6-7,9-12,14-15,17H2,(H,32,33). The van der Waals surface area contributed by atoms with Gasteiger partial charge in [-0.15, -0.1) is 0 Å². The third-order valence-corrected chi connectivity index (χ3v) is 8.59. The third-order valence-electron chi connectivity index (χ3n) is 8.59. The molecule has 6 rings (SSSR count). The Balaban J connectivity index is 1.23. The van der Waals surface area contributed by atoms with Crippen LogP contribution in [-0.4, -0.2) is 41.9 Å². The molecule has 0 spiro atoms. The van der Waals surface area contributed by atoms with Crippen LogP contribution in [0.4, 0.5) is 30.4 Å². The lowest BCUT2D eigenvalue weighted by Gasteiger charge is -2.35. The first-order valence-electron chi connectivity index (χ1n) is 13.4. The maximum absolute atomic E-state index is 14.0. The van der Waals surface area contributed by atoms with Gasteiger partial charge in [-0.3, -0.25) is 4.79 Å². The number of nitrogens with zero attached hydrogens (tertiary/aromatic N) is 2. The number of alkyl halides is 3. The van der Waals surface area contributed by atoms with Crippen molar-refractivity contribution < 1.29 is 22.7 Å². The minimum Gasteiger partial charge on any atom is -0.381 e. The van der Waals surface area contributed by atoms with Crippen LogP contribution in [0, 0.1) is 5.92 Å². The van der Waals surface area contributed by atoms with Crippen LogP contribution in [0.1, 0.15) is 68.4 Å². The Kier molecular flexibility index (Phi) is 6.39. The normalized spacial score (nSPS) is 25.4. The molecule has 2 N–H and O–H groups in total. The highest BCUT2D eigenvalue weighted by Crippen LogP contribution is 2.50. The molecular formula is C28H33F3N4O2. The summed E-state index contributed by atoms with van der Waals surface area (Å²) in [6.45, 7) is 1.89. The first-order valence-corrected chi connectivity index (χ1v) is 13.4. The number of anilines is 3. The fraction of sp³-hybridized carbons (Fsp3) is 0.571. The molecule has 3 heterocycles. The number of fused-ring (bicyclic) bond motifs is 2. The molecule has 2 aromatic rings. The lowest BCUT2D eigenvalue weighted by Crippen LogP contribution is -2.51. The van der Waals surface area contributed by atoms with E-state index < -0.39 is 11.7 Å². The number of carbonyl (C=O) groups excluding carboxylic acids is 1. The van der Waals surface area contributed by atoms with Crippen LogP contribution >= 0.6 is 0 Å². The second-order valence-corrected chi connectivity index (χ2v) is 11.0. The maximum atomic E-state index is 14.0. The van der Waals surface area contributed by atoms with Crippen molar-refractivity contribution >= 4 is 23.1 Å². The number of hydrogen-bond donors (Lipinski definition) is 2. The Hall–Kier alpha value is -2.65. The van der Waals surface area contributed by atoms with E-state index in [0.29, 0.717) is 38.1 Å². The van der Waals surface area contributed by atoms with Crippen molar-refractivity contribution in [2.75, 3.05) is 23.4 Å². The first-order chi connectivity index (χ1) is 17.8. The van der Waals surface area contributed by atoms with Crippen molar-refractivity contribution in [3.8, 4) is 0 Å². The molecule has 1 amide bonds. The topological polar surface area (TPSA) is 66.5 Å². The van der Waals surface area contributed by atoms with Gasteiger partial charge in [-0.2, -0.15) is 13.2 Å². The highest BCUT2D eigenvalue weighted by atomic mass is 19.4. The molecule has 6 nitrogen and oxygen atoms in total. The lowest BCUT2D eigenvalue weighted by molar-refractivity contribution is -0.168.